The lowest BCUT2D eigenvalue weighted by molar-refractivity contribution is -0.139. The van der Waals surface area contributed by atoms with Gasteiger partial charge in [-0.1, -0.05) is 50.2 Å². The number of carbonyl (C=O) groups excluding carboxylic acids is 3. The first-order chi connectivity index (χ1) is 19.2. The van der Waals surface area contributed by atoms with Gasteiger partial charge in [-0.05, 0) is 78.8 Å². The summed E-state index contributed by atoms with van der Waals surface area (Å²) in [6.45, 7) is 10.3. The van der Waals surface area contributed by atoms with E-state index in [0.29, 0.717) is 29.6 Å². The molecule has 0 aliphatic carbocycles. The van der Waals surface area contributed by atoms with Crippen molar-refractivity contribution in [1.29, 1.82) is 0 Å². The van der Waals surface area contributed by atoms with Gasteiger partial charge in [0.15, 0.2) is 18.1 Å². The molecule has 0 unspecified atom stereocenters. The molecule has 0 fully saturated rings. The highest BCUT2D eigenvalue weighted by molar-refractivity contribution is 6.35. The first kappa shape index (κ1) is 29.9. The summed E-state index contributed by atoms with van der Waals surface area (Å²) < 4.78 is 11.4. The van der Waals surface area contributed by atoms with E-state index < -0.39 is 11.8 Å². The van der Waals surface area contributed by atoms with E-state index in [2.05, 4.69) is 35.0 Å². The Hall–Kier alpha value is -4.66. The van der Waals surface area contributed by atoms with Crippen molar-refractivity contribution in [3.63, 3.8) is 0 Å². The molecule has 0 aliphatic heterocycles. The average molecular weight is 545 g/mol. The minimum absolute atomic E-state index is 0.200. The zero-order chi connectivity index (χ0) is 29.1. The standard InChI is InChI=1S/C31H36N4O5/c1-6-39-28-16-24(11-14-27(28)40-19-29(36)34-26-15-21(4)7-8-22(26)5)18-33-35-31(38)30(37)32-17-23-9-12-25(13-10-23)20(2)3/h7-16,18,20H,6,17,19H2,1-5H3,(H,32,37)(H,34,36)(H,35,38)/b33-18-. The number of ether oxygens (including phenoxy) is 2. The SMILES string of the molecule is CCOc1cc(/C=N\NC(=O)C(=O)NCc2ccc(C(C)C)cc2)ccc1OCC(=O)Nc1cc(C)ccc1C. The molecule has 40 heavy (non-hydrogen) atoms. The van der Waals surface area contributed by atoms with E-state index in [4.69, 9.17) is 9.47 Å². The molecule has 3 aromatic rings. The van der Waals surface area contributed by atoms with E-state index in [9.17, 15) is 14.4 Å². The molecule has 9 heteroatoms. The number of nitrogens with one attached hydrogen (secondary N) is 3. The zero-order valence-electron chi connectivity index (χ0n) is 23.5. The van der Waals surface area contributed by atoms with E-state index in [-0.39, 0.29) is 19.1 Å². The Bertz CT molecular complexity index is 1370. The van der Waals surface area contributed by atoms with E-state index in [0.717, 1.165) is 22.4 Å². The van der Waals surface area contributed by atoms with Crippen LogP contribution in [0.4, 0.5) is 5.69 Å². The monoisotopic (exact) mass is 544 g/mol. The van der Waals surface area contributed by atoms with Gasteiger partial charge in [-0.25, -0.2) is 5.43 Å². The van der Waals surface area contributed by atoms with Crippen molar-refractivity contribution in [2.24, 2.45) is 5.10 Å². The zero-order valence-corrected chi connectivity index (χ0v) is 23.5. The summed E-state index contributed by atoms with van der Waals surface area (Å²) in [6, 6.07) is 18.7. The summed E-state index contributed by atoms with van der Waals surface area (Å²) in [5, 5.41) is 9.31. The van der Waals surface area contributed by atoms with E-state index in [1.54, 1.807) is 18.2 Å². The maximum Gasteiger partial charge on any atom is 0.329 e. The summed E-state index contributed by atoms with van der Waals surface area (Å²) in [6.07, 6.45) is 1.38. The molecule has 0 heterocycles. The number of nitrogens with zero attached hydrogens (tertiary/aromatic N) is 1. The molecule has 3 aromatic carbocycles. The van der Waals surface area contributed by atoms with E-state index in [1.807, 2.05) is 63.2 Å². The molecule has 0 atom stereocenters. The number of aryl methyl sites for hydroxylation is 2. The number of hydrazone groups is 1. The Kier molecular flexibility index (Phi) is 10.8. The first-order valence-corrected chi connectivity index (χ1v) is 13.1. The molecular weight excluding hydrogens is 508 g/mol. The number of amides is 3. The van der Waals surface area contributed by atoms with Crippen LogP contribution in [-0.2, 0) is 20.9 Å². The number of hydrogen-bond donors (Lipinski definition) is 3. The van der Waals surface area contributed by atoms with Crippen LogP contribution >= 0.6 is 0 Å². The molecular formula is C31H36N4O5. The van der Waals surface area contributed by atoms with Crippen molar-refractivity contribution >= 4 is 29.6 Å². The topological polar surface area (TPSA) is 118 Å². The van der Waals surface area contributed by atoms with Gasteiger partial charge in [0.1, 0.15) is 0 Å². The van der Waals surface area contributed by atoms with E-state index in [1.165, 1.54) is 11.8 Å². The van der Waals surface area contributed by atoms with Crippen LogP contribution in [0.25, 0.3) is 0 Å². The smallest absolute Gasteiger partial charge is 0.329 e. The van der Waals surface area contributed by atoms with Crippen molar-refractivity contribution < 1.29 is 23.9 Å². The lowest BCUT2D eigenvalue weighted by atomic mass is 10.0. The van der Waals surface area contributed by atoms with Crippen LogP contribution in [0.5, 0.6) is 11.5 Å². The normalized spacial score (nSPS) is 10.8. The van der Waals surface area contributed by atoms with Gasteiger partial charge in [0.05, 0.1) is 12.8 Å². The predicted octanol–water partition coefficient (Wildman–Crippen LogP) is 4.61. The number of carbonyl (C=O) groups is 3. The maximum atomic E-state index is 12.4. The Morgan fingerprint density at radius 2 is 1.65 bits per heavy atom. The molecule has 0 aromatic heterocycles. The summed E-state index contributed by atoms with van der Waals surface area (Å²) in [7, 11) is 0. The van der Waals surface area contributed by atoms with Gasteiger partial charge in [0.25, 0.3) is 5.91 Å². The lowest BCUT2D eigenvalue weighted by Gasteiger charge is -2.13. The third kappa shape index (κ3) is 8.97. The fraction of sp³-hybridized carbons (Fsp3) is 0.290. The van der Waals surface area contributed by atoms with Crippen molar-refractivity contribution in [1.82, 2.24) is 10.7 Å². The van der Waals surface area contributed by atoms with Crippen molar-refractivity contribution in [2.45, 2.75) is 47.1 Å². The highest BCUT2D eigenvalue weighted by Gasteiger charge is 2.13. The van der Waals surface area contributed by atoms with Gasteiger partial charge < -0.3 is 20.1 Å². The quantitative estimate of drug-likeness (QED) is 0.185. The van der Waals surface area contributed by atoms with E-state index >= 15 is 0 Å². The summed E-state index contributed by atoms with van der Waals surface area (Å²) >= 11 is 0. The Labute approximate surface area is 235 Å². The lowest BCUT2D eigenvalue weighted by Crippen LogP contribution is -2.37. The first-order valence-electron chi connectivity index (χ1n) is 13.1. The fourth-order valence-corrected chi connectivity index (χ4v) is 3.69. The highest BCUT2D eigenvalue weighted by Crippen LogP contribution is 2.28. The maximum absolute atomic E-state index is 12.4. The van der Waals surface area contributed by atoms with Gasteiger partial charge in [0.2, 0.25) is 0 Å². The largest absolute Gasteiger partial charge is 0.490 e. The molecule has 0 aliphatic rings. The molecule has 0 spiro atoms. The molecule has 0 radical (unpaired) electrons. The number of anilines is 1. The third-order valence-electron chi connectivity index (χ3n) is 5.98. The average Bonchev–Trinajstić information content (AvgIpc) is 2.93. The number of hydrogen-bond acceptors (Lipinski definition) is 6. The molecule has 3 rings (SSSR count). The van der Waals surface area contributed by atoms with Gasteiger partial charge in [-0.2, -0.15) is 5.10 Å². The Morgan fingerprint density at radius 1 is 0.900 bits per heavy atom. The molecule has 210 valence electrons. The summed E-state index contributed by atoms with van der Waals surface area (Å²) in [5.41, 5.74) is 7.65. The number of benzene rings is 3. The fourth-order valence-electron chi connectivity index (χ4n) is 3.69. The third-order valence-corrected chi connectivity index (χ3v) is 5.98. The second-order valence-electron chi connectivity index (χ2n) is 9.57. The number of rotatable bonds is 11. The minimum Gasteiger partial charge on any atom is -0.490 e. The van der Waals surface area contributed by atoms with Gasteiger partial charge in [0, 0.05) is 12.2 Å². The predicted molar refractivity (Wildman–Crippen MR) is 156 cm³/mol. The van der Waals surface area contributed by atoms with Crippen LogP contribution in [-0.4, -0.2) is 37.1 Å². The van der Waals surface area contributed by atoms with Crippen LogP contribution in [0.15, 0.2) is 65.8 Å². The molecule has 0 bridgehead atoms. The Balaban J connectivity index is 1.52. The van der Waals surface area contributed by atoms with Crippen LogP contribution in [0, 0.1) is 13.8 Å². The Morgan fingerprint density at radius 3 is 2.35 bits per heavy atom. The van der Waals surface area contributed by atoms with Crippen molar-refractivity contribution in [2.75, 3.05) is 18.5 Å². The molecule has 9 nitrogen and oxygen atoms in total. The second kappa shape index (κ2) is 14.5. The summed E-state index contributed by atoms with van der Waals surface area (Å²) in [4.78, 5) is 36.7. The van der Waals surface area contributed by atoms with Gasteiger partial charge >= 0.3 is 11.8 Å². The minimum atomic E-state index is -0.880. The second-order valence-corrected chi connectivity index (χ2v) is 9.57. The van der Waals surface area contributed by atoms with Crippen LogP contribution < -0.4 is 25.5 Å². The molecule has 0 saturated carbocycles. The molecule has 3 amide bonds. The van der Waals surface area contributed by atoms with Gasteiger partial charge in [-0.3, -0.25) is 14.4 Å². The molecule has 3 N–H and O–H groups in total. The summed E-state index contributed by atoms with van der Waals surface area (Å²) in [5.74, 6) is -0.743. The van der Waals surface area contributed by atoms with Crippen LogP contribution in [0.3, 0.4) is 0 Å². The van der Waals surface area contributed by atoms with Crippen molar-refractivity contribution in [3.8, 4) is 11.5 Å². The molecule has 0 saturated heterocycles. The van der Waals surface area contributed by atoms with Crippen molar-refractivity contribution in [3.05, 3.63) is 88.5 Å². The van der Waals surface area contributed by atoms with Gasteiger partial charge in [-0.15, -0.1) is 0 Å². The highest BCUT2D eigenvalue weighted by atomic mass is 16.5. The van der Waals surface area contributed by atoms with Crippen LogP contribution in [0.1, 0.15) is 54.5 Å². The van der Waals surface area contributed by atoms with Crippen LogP contribution in [0.2, 0.25) is 0 Å².